The molecule has 0 atom stereocenters. The number of rotatable bonds is 8. The summed E-state index contributed by atoms with van der Waals surface area (Å²) in [5, 5.41) is 0. The van der Waals surface area contributed by atoms with Crippen LogP contribution in [0, 0.1) is 0 Å². The lowest BCUT2D eigenvalue weighted by Gasteiger charge is -2.37. The van der Waals surface area contributed by atoms with Gasteiger partial charge in [-0.1, -0.05) is 13.3 Å². The van der Waals surface area contributed by atoms with Crippen LogP contribution >= 0.6 is 0 Å². The smallest absolute Gasteiger partial charge is 0.151 e. The minimum absolute atomic E-state index is 0.252. The third-order valence-corrected chi connectivity index (χ3v) is 5.05. The Hall–Kier alpha value is -0.130. The number of hydrogen-bond donors (Lipinski definition) is 1. The second kappa shape index (κ2) is 6.57. The highest BCUT2D eigenvalue weighted by Gasteiger charge is 2.25. The maximum absolute atomic E-state index is 11.5. The maximum Gasteiger partial charge on any atom is 0.151 e. The molecule has 0 aromatic heterocycles. The van der Waals surface area contributed by atoms with E-state index in [1.165, 1.54) is 19.3 Å². The lowest BCUT2D eigenvalue weighted by atomic mass is 9.91. The van der Waals surface area contributed by atoms with Gasteiger partial charge in [-0.2, -0.15) is 0 Å². The van der Waals surface area contributed by atoms with Gasteiger partial charge < -0.3 is 5.73 Å². The van der Waals surface area contributed by atoms with E-state index in [4.69, 9.17) is 5.73 Å². The van der Waals surface area contributed by atoms with Crippen molar-refractivity contribution in [3.63, 3.8) is 0 Å². The fourth-order valence-corrected chi connectivity index (χ4v) is 2.73. The molecule has 16 heavy (non-hydrogen) atoms. The Morgan fingerprint density at radius 2 is 2.00 bits per heavy atom. The molecule has 0 aromatic rings. The van der Waals surface area contributed by atoms with Crippen LogP contribution in [0.4, 0.5) is 0 Å². The predicted octanol–water partition coefficient (Wildman–Crippen LogP) is 0.624. The standard InChI is InChI=1S/C11H24N2O2S/c1-2-16(14,15)10-9-13(8-4-7-12)11-5-3-6-11/h11H,2-10,12H2,1H3. The largest absolute Gasteiger partial charge is 0.330 e. The summed E-state index contributed by atoms with van der Waals surface area (Å²) in [6.45, 7) is 4.02. The normalized spacial score (nSPS) is 17.7. The highest BCUT2D eigenvalue weighted by molar-refractivity contribution is 7.91. The third-order valence-electron chi connectivity index (χ3n) is 3.37. The third kappa shape index (κ3) is 4.39. The molecule has 1 saturated carbocycles. The molecule has 2 N–H and O–H groups in total. The van der Waals surface area contributed by atoms with E-state index in [0.29, 0.717) is 24.9 Å². The lowest BCUT2D eigenvalue weighted by molar-refractivity contribution is 0.134. The molecule has 0 saturated heterocycles. The van der Waals surface area contributed by atoms with Crippen molar-refractivity contribution in [1.29, 1.82) is 0 Å². The van der Waals surface area contributed by atoms with Gasteiger partial charge in [0.2, 0.25) is 0 Å². The van der Waals surface area contributed by atoms with Crippen LogP contribution in [0.2, 0.25) is 0 Å². The van der Waals surface area contributed by atoms with E-state index in [9.17, 15) is 8.42 Å². The lowest BCUT2D eigenvalue weighted by Crippen LogP contribution is -2.43. The highest BCUT2D eigenvalue weighted by atomic mass is 32.2. The van der Waals surface area contributed by atoms with E-state index in [1.807, 2.05) is 0 Å². The first-order chi connectivity index (χ1) is 7.59. The second-order valence-electron chi connectivity index (χ2n) is 4.50. The summed E-state index contributed by atoms with van der Waals surface area (Å²) < 4.78 is 22.9. The Bertz CT molecular complexity index is 286. The zero-order valence-corrected chi connectivity index (χ0v) is 11.0. The van der Waals surface area contributed by atoms with Crippen molar-refractivity contribution < 1.29 is 8.42 Å². The highest BCUT2D eigenvalue weighted by Crippen LogP contribution is 2.24. The average Bonchev–Trinajstić information content (AvgIpc) is 2.19. The monoisotopic (exact) mass is 248 g/mol. The zero-order chi connectivity index (χ0) is 12.0. The van der Waals surface area contributed by atoms with Crippen molar-refractivity contribution in [1.82, 2.24) is 4.90 Å². The fourth-order valence-electron chi connectivity index (χ4n) is 1.92. The first-order valence-electron chi connectivity index (χ1n) is 6.23. The Morgan fingerprint density at radius 3 is 2.44 bits per heavy atom. The van der Waals surface area contributed by atoms with Gasteiger partial charge in [0, 0.05) is 18.3 Å². The summed E-state index contributed by atoms with van der Waals surface area (Å²) in [5.41, 5.74) is 5.50. The first-order valence-corrected chi connectivity index (χ1v) is 8.05. The molecule has 1 rings (SSSR count). The Morgan fingerprint density at radius 1 is 1.31 bits per heavy atom. The SMILES string of the molecule is CCS(=O)(=O)CCN(CCCN)C1CCC1. The molecule has 0 unspecified atom stereocenters. The summed E-state index contributed by atoms with van der Waals surface area (Å²) in [7, 11) is -2.83. The van der Waals surface area contributed by atoms with Crippen molar-refractivity contribution in [2.45, 2.75) is 38.6 Å². The Labute approximate surface area is 99.1 Å². The van der Waals surface area contributed by atoms with Crippen molar-refractivity contribution in [3.05, 3.63) is 0 Å². The molecule has 1 aliphatic rings. The van der Waals surface area contributed by atoms with Crippen LogP contribution in [0.25, 0.3) is 0 Å². The van der Waals surface area contributed by atoms with E-state index in [0.717, 1.165) is 13.0 Å². The molecule has 0 aromatic carbocycles. The topological polar surface area (TPSA) is 63.4 Å². The van der Waals surface area contributed by atoms with Gasteiger partial charge in [-0.05, 0) is 32.4 Å². The predicted molar refractivity (Wildman–Crippen MR) is 67.2 cm³/mol. The Balaban J connectivity index is 2.37. The summed E-state index contributed by atoms with van der Waals surface area (Å²) >= 11 is 0. The zero-order valence-electron chi connectivity index (χ0n) is 10.2. The van der Waals surface area contributed by atoms with Gasteiger partial charge in [0.1, 0.15) is 0 Å². The number of nitrogens with two attached hydrogens (primary N) is 1. The van der Waals surface area contributed by atoms with E-state index in [1.54, 1.807) is 6.92 Å². The number of sulfone groups is 1. The summed E-state index contributed by atoms with van der Waals surface area (Å²) in [4.78, 5) is 2.31. The van der Waals surface area contributed by atoms with E-state index < -0.39 is 9.84 Å². The molecule has 96 valence electrons. The van der Waals surface area contributed by atoms with Crippen LogP contribution in [0.1, 0.15) is 32.6 Å². The summed E-state index contributed by atoms with van der Waals surface area (Å²) in [6.07, 6.45) is 4.68. The maximum atomic E-state index is 11.5. The fraction of sp³-hybridized carbons (Fsp3) is 1.00. The van der Waals surface area contributed by atoms with Crippen molar-refractivity contribution in [3.8, 4) is 0 Å². The molecular formula is C11H24N2O2S. The minimum atomic E-state index is -2.83. The molecule has 4 nitrogen and oxygen atoms in total. The van der Waals surface area contributed by atoms with Gasteiger partial charge >= 0.3 is 0 Å². The van der Waals surface area contributed by atoms with Gasteiger partial charge in [0.05, 0.1) is 5.75 Å². The van der Waals surface area contributed by atoms with Gasteiger partial charge in [0.25, 0.3) is 0 Å². The quantitative estimate of drug-likeness (QED) is 0.684. The Kier molecular flexibility index (Phi) is 5.72. The molecule has 0 radical (unpaired) electrons. The average molecular weight is 248 g/mol. The molecule has 0 bridgehead atoms. The number of nitrogens with zero attached hydrogens (tertiary/aromatic N) is 1. The van der Waals surface area contributed by atoms with E-state index in [2.05, 4.69) is 4.90 Å². The molecule has 5 heteroatoms. The van der Waals surface area contributed by atoms with Crippen LogP contribution in [0.3, 0.4) is 0 Å². The van der Waals surface area contributed by atoms with Crippen molar-refractivity contribution in [2.75, 3.05) is 31.1 Å². The van der Waals surface area contributed by atoms with Crippen LogP contribution in [0.5, 0.6) is 0 Å². The molecule has 0 spiro atoms. The van der Waals surface area contributed by atoms with Crippen LogP contribution in [-0.4, -0.2) is 50.5 Å². The summed E-state index contributed by atoms with van der Waals surface area (Å²) in [6, 6.07) is 0.610. The molecular weight excluding hydrogens is 224 g/mol. The van der Waals surface area contributed by atoms with Crippen molar-refractivity contribution >= 4 is 9.84 Å². The van der Waals surface area contributed by atoms with Crippen LogP contribution in [-0.2, 0) is 9.84 Å². The van der Waals surface area contributed by atoms with Gasteiger partial charge in [-0.3, -0.25) is 4.90 Å². The second-order valence-corrected chi connectivity index (χ2v) is 6.97. The van der Waals surface area contributed by atoms with Crippen LogP contribution < -0.4 is 5.73 Å². The van der Waals surface area contributed by atoms with Crippen molar-refractivity contribution in [2.24, 2.45) is 5.73 Å². The number of hydrogen-bond acceptors (Lipinski definition) is 4. The molecule has 1 fully saturated rings. The first kappa shape index (κ1) is 13.9. The van der Waals surface area contributed by atoms with Gasteiger partial charge in [-0.15, -0.1) is 0 Å². The minimum Gasteiger partial charge on any atom is -0.330 e. The van der Waals surface area contributed by atoms with Gasteiger partial charge in [-0.25, -0.2) is 8.42 Å². The van der Waals surface area contributed by atoms with E-state index >= 15 is 0 Å². The van der Waals surface area contributed by atoms with Gasteiger partial charge in [0.15, 0.2) is 9.84 Å². The summed E-state index contributed by atoms with van der Waals surface area (Å²) in [5.74, 6) is 0.549. The molecule has 1 aliphatic carbocycles. The van der Waals surface area contributed by atoms with Crippen LogP contribution in [0.15, 0.2) is 0 Å². The molecule has 0 amide bonds. The van der Waals surface area contributed by atoms with E-state index in [-0.39, 0.29) is 5.75 Å². The molecule has 0 heterocycles. The molecule has 0 aliphatic heterocycles.